The number of carbonyl (C=O) groups is 3. The summed E-state index contributed by atoms with van der Waals surface area (Å²) >= 11 is 7.22. The number of carbonyl (C=O) groups excluding carboxylic acids is 3. The molecule has 0 aliphatic carbocycles. The summed E-state index contributed by atoms with van der Waals surface area (Å²) in [4.78, 5) is 37.9. The van der Waals surface area contributed by atoms with Crippen LogP contribution in [-0.2, 0) is 19.1 Å². The fraction of sp³-hybridized carbons (Fsp3) is 0.250. The number of anilines is 2. The van der Waals surface area contributed by atoms with Crippen molar-refractivity contribution in [2.45, 2.75) is 37.3 Å². The molecule has 0 saturated carbocycles. The minimum absolute atomic E-state index is 0.157. The van der Waals surface area contributed by atoms with E-state index in [0.29, 0.717) is 22.1 Å². The van der Waals surface area contributed by atoms with Crippen LogP contribution in [0.1, 0.15) is 23.4 Å². The van der Waals surface area contributed by atoms with E-state index in [1.807, 2.05) is 38.1 Å². The van der Waals surface area contributed by atoms with Gasteiger partial charge < -0.3 is 15.4 Å². The SMILES string of the molecule is Cc1ccc(-n2nc(C)c(NC(=O)COC(=O)CC3Sc4ccc(Cl)cc4NC3=O)c2C)cc1. The Balaban J connectivity index is 1.33. The van der Waals surface area contributed by atoms with Gasteiger partial charge in [0, 0.05) is 9.92 Å². The number of esters is 1. The Kier molecular flexibility index (Phi) is 6.95. The molecule has 8 nitrogen and oxygen atoms in total. The number of nitrogens with zero attached hydrogens (tertiary/aromatic N) is 2. The van der Waals surface area contributed by atoms with Crippen molar-refractivity contribution in [2.24, 2.45) is 0 Å². The van der Waals surface area contributed by atoms with Gasteiger partial charge in [0.25, 0.3) is 5.91 Å². The van der Waals surface area contributed by atoms with Gasteiger partial charge in [-0.2, -0.15) is 5.10 Å². The van der Waals surface area contributed by atoms with Gasteiger partial charge in [-0.25, -0.2) is 4.68 Å². The van der Waals surface area contributed by atoms with Crippen molar-refractivity contribution in [1.29, 1.82) is 0 Å². The van der Waals surface area contributed by atoms with E-state index in [2.05, 4.69) is 15.7 Å². The van der Waals surface area contributed by atoms with Crippen LogP contribution in [0.4, 0.5) is 11.4 Å². The highest BCUT2D eigenvalue weighted by Gasteiger charge is 2.30. The van der Waals surface area contributed by atoms with Crippen LogP contribution >= 0.6 is 23.4 Å². The standard InChI is InChI=1S/C24H23ClN4O4S/c1-13-4-7-17(8-5-13)29-15(3)23(14(2)28-29)27-21(30)12-33-22(31)11-20-24(32)26-18-10-16(25)6-9-19(18)34-20/h4-10,20H,11-12H2,1-3H3,(H,26,32)(H,27,30). The van der Waals surface area contributed by atoms with E-state index < -0.39 is 23.7 Å². The highest BCUT2D eigenvalue weighted by Crippen LogP contribution is 2.38. The Bertz CT molecular complexity index is 1270. The molecular formula is C24H23ClN4O4S. The summed E-state index contributed by atoms with van der Waals surface area (Å²) in [5, 5.41) is 9.88. The van der Waals surface area contributed by atoms with Gasteiger partial charge in [-0.1, -0.05) is 29.3 Å². The smallest absolute Gasteiger partial charge is 0.307 e. The molecule has 10 heteroatoms. The molecular weight excluding hydrogens is 476 g/mol. The third-order valence-corrected chi connectivity index (χ3v) is 6.82. The monoisotopic (exact) mass is 498 g/mol. The molecule has 1 aliphatic heterocycles. The number of rotatable bonds is 6. The first kappa shape index (κ1) is 23.8. The van der Waals surface area contributed by atoms with Crippen LogP contribution in [0.2, 0.25) is 5.02 Å². The van der Waals surface area contributed by atoms with Crippen molar-refractivity contribution < 1.29 is 19.1 Å². The average molecular weight is 499 g/mol. The van der Waals surface area contributed by atoms with Crippen molar-refractivity contribution in [3.05, 3.63) is 64.4 Å². The molecule has 0 spiro atoms. The van der Waals surface area contributed by atoms with Crippen molar-refractivity contribution in [1.82, 2.24) is 9.78 Å². The predicted molar refractivity (Wildman–Crippen MR) is 132 cm³/mol. The van der Waals surface area contributed by atoms with Crippen molar-refractivity contribution in [3.63, 3.8) is 0 Å². The topological polar surface area (TPSA) is 102 Å². The van der Waals surface area contributed by atoms with Gasteiger partial charge in [0.1, 0.15) is 0 Å². The number of fused-ring (bicyclic) bond motifs is 1. The van der Waals surface area contributed by atoms with Crippen LogP contribution in [0.3, 0.4) is 0 Å². The number of hydrogen-bond acceptors (Lipinski definition) is 6. The van der Waals surface area contributed by atoms with E-state index in [9.17, 15) is 14.4 Å². The van der Waals surface area contributed by atoms with Crippen molar-refractivity contribution >= 4 is 52.5 Å². The van der Waals surface area contributed by atoms with E-state index in [-0.39, 0.29) is 12.3 Å². The number of hydrogen-bond donors (Lipinski definition) is 2. The number of benzene rings is 2. The summed E-state index contributed by atoms with van der Waals surface area (Å²) in [7, 11) is 0. The third kappa shape index (κ3) is 5.26. The summed E-state index contributed by atoms with van der Waals surface area (Å²) in [6.07, 6.45) is -0.157. The number of aromatic nitrogens is 2. The van der Waals surface area contributed by atoms with Crippen LogP contribution in [-0.4, -0.2) is 39.4 Å². The van der Waals surface area contributed by atoms with E-state index in [1.165, 1.54) is 11.8 Å². The normalized spacial score (nSPS) is 14.8. The van der Waals surface area contributed by atoms with E-state index >= 15 is 0 Å². The zero-order valence-corrected chi connectivity index (χ0v) is 20.4. The number of thioether (sulfide) groups is 1. The second-order valence-electron chi connectivity index (χ2n) is 7.94. The zero-order valence-electron chi connectivity index (χ0n) is 18.8. The molecule has 1 aromatic heterocycles. The van der Waals surface area contributed by atoms with E-state index in [1.54, 1.807) is 29.8 Å². The second-order valence-corrected chi connectivity index (χ2v) is 9.62. The molecule has 2 heterocycles. The molecule has 2 N–H and O–H groups in total. The summed E-state index contributed by atoms with van der Waals surface area (Å²) in [6, 6.07) is 13.0. The van der Waals surface area contributed by atoms with Gasteiger partial charge in [0.15, 0.2) is 6.61 Å². The van der Waals surface area contributed by atoms with Crippen LogP contribution in [0.5, 0.6) is 0 Å². The summed E-state index contributed by atoms with van der Waals surface area (Å²) in [5.74, 6) is -1.43. The summed E-state index contributed by atoms with van der Waals surface area (Å²) in [5.41, 5.74) is 4.60. The molecule has 0 saturated heterocycles. The minimum atomic E-state index is -0.651. The highest BCUT2D eigenvalue weighted by molar-refractivity contribution is 8.01. The minimum Gasteiger partial charge on any atom is -0.456 e. The molecule has 4 rings (SSSR count). The van der Waals surface area contributed by atoms with Gasteiger partial charge in [-0.15, -0.1) is 11.8 Å². The Hall–Kier alpha value is -3.30. The fourth-order valence-electron chi connectivity index (χ4n) is 3.55. The molecule has 2 amide bonds. The van der Waals surface area contributed by atoms with Gasteiger partial charge in [0.2, 0.25) is 5.91 Å². The number of ether oxygens (including phenoxy) is 1. The molecule has 0 fully saturated rings. The molecule has 0 bridgehead atoms. The fourth-order valence-corrected chi connectivity index (χ4v) is 4.80. The average Bonchev–Trinajstić information content (AvgIpc) is 3.07. The molecule has 3 aromatic rings. The largest absolute Gasteiger partial charge is 0.456 e. The van der Waals surface area contributed by atoms with Crippen molar-refractivity contribution in [2.75, 3.05) is 17.2 Å². The highest BCUT2D eigenvalue weighted by atomic mass is 35.5. The van der Waals surface area contributed by atoms with Crippen molar-refractivity contribution in [3.8, 4) is 5.69 Å². The van der Waals surface area contributed by atoms with Gasteiger partial charge in [0.05, 0.1) is 40.1 Å². The number of halogens is 1. The molecule has 34 heavy (non-hydrogen) atoms. The van der Waals surface area contributed by atoms with Gasteiger partial charge in [-0.05, 0) is 51.1 Å². The molecule has 0 radical (unpaired) electrons. The van der Waals surface area contributed by atoms with Gasteiger partial charge in [-0.3, -0.25) is 14.4 Å². The number of nitrogens with one attached hydrogen (secondary N) is 2. The van der Waals surface area contributed by atoms with Crippen LogP contribution < -0.4 is 10.6 Å². The lowest BCUT2D eigenvalue weighted by Gasteiger charge is -2.23. The lowest BCUT2D eigenvalue weighted by atomic mass is 10.2. The molecule has 2 aromatic carbocycles. The van der Waals surface area contributed by atoms with E-state index in [4.69, 9.17) is 16.3 Å². The first-order valence-electron chi connectivity index (χ1n) is 10.6. The molecule has 176 valence electrons. The maximum absolute atomic E-state index is 12.4. The molecule has 1 aliphatic rings. The lowest BCUT2D eigenvalue weighted by molar-refractivity contribution is -0.147. The third-order valence-electron chi connectivity index (χ3n) is 5.31. The first-order chi connectivity index (χ1) is 16.2. The zero-order chi connectivity index (χ0) is 24.4. The summed E-state index contributed by atoms with van der Waals surface area (Å²) in [6.45, 7) is 5.19. The lowest BCUT2D eigenvalue weighted by Crippen LogP contribution is -2.32. The summed E-state index contributed by atoms with van der Waals surface area (Å²) < 4.78 is 6.88. The Morgan fingerprint density at radius 3 is 2.65 bits per heavy atom. The van der Waals surface area contributed by atoms with Crippen LogP contribution in [0, 0.1) is 20.8 Å². The maximum Gasteiger partial charge on any atom is 0.307 e. The van der Waals surface area contributed by atoms with Crippen LogP contribution in [0.15, 0.2) is 47.4 Å². The Morgan fingerprint density at radius 1 is 1.18 bits per heavy atom. The second kappa shape index (κ2) is 9.90. The number of amides is 2. The molecule has 1 unspecified atom stereocenters. The van der Waals surface area contributed by atoms with Crippen LogP contribution in [0.25, 0.3) is 5.69 Å². The Morgan fingerprint density at radius 2 is 1.91 bits per heavy atom. The Labute approximate surface area is 206 Å². The quantitative estimate of drug-likeness (QED) is 0.487. The molecule has 1 atom stereocenters. The first-order valence-corrected chi connectivity index (χ1v) is 11.8. The number of aryl methyl sites for hydroxylation is 2. The van der Waals surface area contributed by atoms with E-state index in [0.717, 1.165) is 21.8 Å². The maximum atomic E-state index is 12.4. The predicted octanol–water partition coefficient (Wildman–Crippen LogP) is 4.44. The van der Waals surface area contributed by atoms with Gasteiger partial charge >= 0.3 is 5.97 Å².